The molecule has 2 N–H and O–H groups in total. The second-order valence-corrected chi connectivity index (χ2v) is 7.96. The minimum Gasteiger partial charge on any atom is -0.308 e. The van der Waals surface area contributed by atoms with Crippen LogP contribution in [0.1, 0.15) is 22.9 Å². The van der Waals surface area contributed by atoms with E-state index in [1.54, 1.807) is 11.3 Å². The number of nitrogens with zero attached hydrogens (tertiary/aromatic N) is 2. The first-order chi connectivity index (χ1) is 13.7. The minimum atomic E-state index is -0.312. The molecular formula is C21H22N4O2S. The number of likely N-dealkylation sites (N-methyl/N-ethyl adjacent to an activating group) is 1. The number of anilines is 2. The van der Waals surface area contributed by atoms with E-state index in [2.05, 4.69) is 27.6 Å². The molecule has 0 unspecified atom stereocenters. The Morgan fingerprint density at radius 2 is 2.00 bits per heavy atom. The molecule has 2 amide bonds. The number of carbonyl (C=O) groups is 1. The number of nitrogens with one attached hydrogen (secondary N) is 2. The Bertz CT molecular complexity index is 1030. The fraction of sp³-hybridized carbons (Fsp3) is 0.286. The van der Waals surface area contributed by atoms with Gasteiger partial charge in [-0.25, -0.2) is 4.79 Å². The standard InChI is InChI=1S/C21H22N4O2S/c1-2-25-10-9-17-18(12-22-27)20(28-19(17)13-25)24-21(26)23-16-8-7-14-5-3-4-6-15(14)11-16/h3-8,11H,2,9-10,12-13H2,1H3,(H2,23,24,26). The second kappa shape index (κ2) is 8.08. The van der Waals surface area contributed by atoms with E-state index in [4.69, 9.17) is 0 Å². The zero-order valence-corrected chi connectivity index (χ0v) is 16.5. The van der Waals surface area contributed by atoms with Gasteiger partial charge in [-0.15, -0.1) is 11.3 Å². The molecular weight excluding hydrogens is 372 g/mol. The van der Waals surface area contributed by atoms with Gasteiger partial charge in [-0.3, -0.25) is 10.2 Å². The number of hydrogen-bond acceptors (Lipinski definition) is 5. The van der Waals surface area contributed by atoms with Crippen LogP contribution < -0.4 is 10.6 Å². The summed E-state index contributed by atoms with van der Waals surface area (Å²) in [6.45, 7) is 5.04. The van der Waals surface area contributed by atoms with Crippen molar-refractivity contribution in [3.05, 3.63) is 63.4 Å². The maximum atomic E-state index is 12.6. The largest absolute Gasteiger partial charge is 0.324 e. The number of benzene rings is 2. The van der Waals surface area contributed by atoms with Crippen molar-refractivity contribution < 1.29 is 4.79 Å². The molecule has 0 saturated heterocycles. The van der Waals surface area contributed by atoms with Crippen molar-refractivity contribution in [1.29, 1.82) is 0 Å². The Morgan fingerprint density at radius 3 is 2.79 bits per heavy atom. The molecule has 0 fully saturated rings. The van der Waals surface area contributed by atoms with E-state index >= 15 is 0 Å². The fourth-order valence-electron chi connectivity index (χ4n) is 3.66. The van der Waals surface area contributed by atoms with Gasteiger partial charge in [-0.05, 0) is 41.4 Å². The Hall–Kier alpha value is -2.77. The SMILES string of the molecule is CCN1CCc2c(sc(NC(=O)Nc3ccc4ccccc4c3)c2CN=O)C1. The summed E-state index contributed by atoms with van der Waals surface area (Å²) < 4.78 is 0. The van der Waals surface area contributed by atoms with E-state index < -0.39 is 0 Å². The van der Waals surface area contributed by atoms with Crippen molar-refractivity contribution in [2.24, 2.45) is 5.18 Å². The first-order valence-corrected chi connectivity index (χ1v) is 10.2. The number of carbonyl (C=O) groups excluding carboxylic acids is 1. The third-order valence-electron chi connectivity index (χ3n) is 5.15. The summed E-state index contributed by atoms with van der Waals surface area (Å²) in [7, 11) is 0. The highest BCUT2D eigenvalue weighted by atomic mass is 32.1. The number of thiophene rings is 1. The molecule has 1 aliphatic rings. The molecule has 2 aromatic carbocycles. The monoisotopic (exact) mass is 394 g/mol. The highest BCUT2D eigenvalue weighted by molar-refractivity contribution is 7.16. The van der Waals surface area contributed by atoms with E-state index in [1.807, 2.05) is 42.5 Å². The van der Waals surface area contributed by atoms with Gasteiger partial charge in [0.05, 0.1) is 0 Å². The first kappa shape index (κ1) is 18.6. The lowest BCUT2D eigenvalue weighted by molar-refractivity contribution is 0.262. The molecule has 3 aromatic rings. The molecule has 0 atom stereocenters. The molecule has 4 rings (SSSR count). The third-order valence-corrected chi connectivity index (χ3v) is 6.32. The van der Waals surface area contributed by atoms with Gasteiger partial charge < -0.3 is 5.32 Å². The van der Waals surface area contributed by atoms with Crippen LogP contribution in [0.4, 0.5) is 15.5 Å². The predicted molar refractivity (Wildman–Crippen MR) is 115 cm³/mol. The highest BCUT2D eigenvalue weighted by Gasteiger charge is 2.24. The quantitative estimate of drug-likeness (QED) is 0.585. The zero-order chi connectivity index (χ0) is 19.5. The summed E-state index contributed by atoms with van der Waals surface area (Å²) in [6.07, 6.45) is 0.887. The van der Waals surface area contributed by atoms with Crippen LogP contribution in [0.5, 0.6) is 0 Å². The summed E-state index contributed by atoms with van der Waals surface area (Å²) in [5, 5.41) is 11.8. The number of nitroso groups, excluding NO2 is 1. The topological polar surface area (TPSA) is 73.8 Å². The van der Waals surface area contributed by atoms with Gasteiger partial charge in [0.1, 0.15) is 11.5 Å². The van der Waals surface area contributed by atoms with E-state index in [9.17, 15) is 9.70 Å². The van der Waals surface area contributed by atoms with Gasteiger partial charge in [-0.1, -0.05) is 42.4 Å². The Labute approximate surface area is 167 Å². The molecule has 1 aliphatic heterocycles. The molecule has 0 saturated carbocycles. The van der Waals surface area contributed by atoms with Crippen LogP contribution in [0.15, 0.2) is 47.6 Å². The van der Waals surface area contributed by atoms with Gasteiger partial charge >= 0.3 is 6.03 Å². The van der Waals surface area contributed by atoms with Crippen molar-refractivity contribution in [2.75, 3.05) is 23.7 Å². The van der Waals surface area contributed by atoms with Crippen LogP contribution in [0.3, 0.4) is 0 Å². The molecule has 1 aromatic heterocycles. The van der Waals surface area contributed by atoms with Crippen molar-refractivity contribution >= 4 is 38.8 Å². The predicted octanol–water partition coefficient (Wildman–Crippen LogP) is 5.19. The minimum absolute atomic E-state index is 0.0869. The lowest BCUT2D eigenvalue weighted by Gasteiger charge is -2.25. The maximum absolute atomic E-state index is 12.6. The van der Waals surface area contributed by atoms with E-state index in [0.717, 1.165) is 53.1 Å². The van der Waals surface area contributed by atoms with Crippen LogP contribution in [-0.2, 0) is 19.5 Å². The van der Waals surface area contributed by atoms with Crippen LogP contribution in [0.2, 0.25) is 0 Å². The third kappa shape index (κ3) is 3.76. The number of urea groups is 1. The lowest BCUT2D eigenvalue weighted by atomic mass is 10.0. The average Bonchev–Trinajstić information content (AvgIpc) is 3.04. The summed E-state index contributed by atoms with van der Waals surface area (Å²) in [5.41, 5.74) is 2.76. The first-order valence-electron chi connectivity index (χ1n) is 9.39. The number of fused-ring (bicyclic) bond motifs is 2. The molecule has 2 heterocycles. The van der Waals surface area contributed by atoms with E-state index in [0.29, 0.717) is 0 Å². The summed E-state index contributed by atoms with van der Waals surface area (Å²) in [5.74, 6) is 0. The van der Waals surface area contributed by atoms with Crippen LogP contribution in [0.25, 0.3) is 10.8 Å². The molecule has 6 nitrogen and oxygen atoms in total. The zero-order valence-electron chi connectivity index (χ0n) is 15.7. The van der Waals surface area contributed by atoms with E-state index in [-0.39, 0.29) is 12.6 Å². The van der Waals surface area contributed by atoms with Crippen LogP contribution >= 0.6 is 11.3 Å². The molecule has 0 bridgehead atoms. The second-order valence-electron chi connectivity index (χ2n) is 6.86. The van der Waals surface area contributed by atoms with Crippen molar-refractivity contribution in [2.45, 2.75) is 26.4 Å². The van der Waals surface area contributed by atoms with Crippen LogP contribution in [-0.4, -0.2) is 24.0 Å². The molecule has 28 heavy (non-hydrogen) atoms. The van der Waals surface area contributed by atoms with Gasteiger partial charge in [0, 0.05) is 29.2 Å². The lowest BCUT2D eigenvalue weighted by Crippen LogP contribution is -2.29. The molecule has 144 valence electrons. The van der Waals surface area contributed by atoms with E-state index in [1.165, 1.54) is 10.4 Å². The molecule has 0 aliphatic carbocycles. The van der Waals surface area contributed by atoms with Gasteiger partial charge in [0.15, 0.2) is 0 Å². The van der Waals surface area contributed by atoms with Gasteiger partial charge in [0.25, 0.3) is 0 Å². The molecule has 0 spiro atoms. The maximum Gasteiger partial charge on any atom is 0.324 e. The van der Waals surface area contributed by atoms with Gasteiger partial charge in [-0.2, -0.15) is 4.91 Å². The summed E-state index contributed by atoms with van der Waals surface area (Å²) in [6, 6.07) is 13.5. The average molecular weight is 395 g/mol. The molecule has 7 heteroatoms. The van der Waals surface area contributed by atoms with Crippen molar-refractivity contribution in [1.82, 2.24) is 4.90 Å². The normalized spacial score (nSPS) is 13.9. The highest BCUT2D eigenvalue weighted by Crippen LogP contribution is 2.37. The van der Waals surface area contributed by atoms with Crippen molar-refractivity contribution in [3.63, 3.8) is 0 Å². The van der Waals surface area contributed by atoms with Crippen molar-refractivity contribution in [3.8, 4) is 0 Å². The summed E-state index contributed by atoms with van der Waals surface area (Å²) >= 11 is 1.55. The number of rotatable bonds is 5. The Kier molecular flexibility index (Phi) is 5.36. The van der Waals surface area contributed by atoms with Gasteiger partial charge in [0.2, 0.25) is 0 Å². The Morgan fingerprint density at radius 1 is 1.18 bits per heavy atom. The molecule has 0 radical (unpaired) electrons. The smallest absolute Gasteiger partial charge is 0.308 e. The summed E-state index contributed by atoms with van der Waals surface area (Å²) in [4.78, 5) is 27.1. The van der Waals surface area contributed by atoms with Crippen LogP contribution in [0, 0.1) is 4.91 Å². The fourth-order valence-corrected chi connectivity index (χ4v) is 4.95. The Balaban J connectivity index is 1.53. The number of amides is 2. The number of hydrogen-bond donors (Lipinski definition) is 2.